The summed E-state index contributed by atoms with van der Waals surface area (Å²) in [5.41, 5.74) is 2.36. The van der Waals surface area contributed by atoms with Crippen LogP contribution >= 0.6 is 0 Å². The van der Waals surface area contributed by atoms with Crippen LogP contribution in [0.25, 0.3) is 0 Å². The summed E-state index contributed by atoms with van der Waals surface area (Å²) in [4.78, 5) is 14.7. The Kier molecular flexibility index (Phi) is 6.18. The van der Waals surface area contributed by atoms with Crippen molar-refractivity contribution in [3.8, 4) is 0 Å². The molecule has 3 rings (SSSR count). The average molecular weight is 340 g/mol. The van der Waals surface area contributed by atoms with E-state index < -0.39 is 0 Å². The zero-order valence-corrected chi connectivity index (χ0v) is 14.5. The summed E-state index contributed by atoms with van der Waals surface area (Å²) in [5.74, 6) is 0.0900. The van der Waals surface area contributed by atoms with Crippen LogP contribution in [0.2, 0.25) is 0 Å². The van der Waals surface area contributed by atoms with Gasteiger partial charge in [-0.15, -0.1) is 0 Å². The van der Waals surface area contributed by atoms with Gasteiger partial charge >= 0.3 is 0 Å². The minimum atomic E-state index is -0.199. The Balaban J connectivity index is 1.38. The highest BCUT2D eigenvalue weighted by atomic mass is 19.1. The quantitative estimate of drug-likeness (QED) is 0.874. The Morgan fingerprint density at radius 3 is 2.36 bits per heavy atom. The predicted octanol–water partition coefficient (Wildman–Crippen LogP) is 3.40. The fourth-order valence-electron chi connectivity index (χ4n) is 3.32. The van der Waals surface area contributed by atoms with E-state index in [2.05, 4.69) is 22.3 Å². The molecule has 25 heavy (non-hydrogen) atoms. The molecular formula is C21H25FN2O. The zero-order chi connectivity index (χ0) is 17.5. The largest absolute Gasteiger partial charge is 0.356 e. The van der Waals surface area contributed by atoms with Crippen LogP contribution in [-0.4, -0.2) is 30.4 Å². The number of hydrogen-bond acceptors (Lipinski definition) is 2. The number of carbonyl (C=O) groups excluding carboxylic acids is 1. The highest BCUT2D eigenvalue weighted by Gasteiger charge is 2.24. The minimum Gasteiger partial charge on any atom is -0.356 e. The number of amides is 1. The maximum atomic E-state index is 13.0. The van der Waals surface area contributed by atoms with E-state index in [0.717, 1.165) is 44.5 Å². The van der Waals surface area contributed by atoms with Gasteiger partial charge in [-0.3, -0.25) is 9.69 Å². The molecule has 0 radical (unpaired) electrons. The van der Waals surface area contributed by atoms with Crippen LogP contribution in [0.1, 0.15) is 24.0 Å². The number of benzene rings is 2. The molecule has 1 amide bonds. The van der Waals surface area contributed by atoms with Gasteiger partial charge in [0.05, 0.1) is 0 Å². The molecule has 1 aliphatic rings. The summed E-state index contributed by atoms with van der Waals surface area (Å²) >= 11 is 0. The number of rotatable bonds is 6. The van der Waals surface area contributed by atoms with Gasteiger partial charge in [0, 0.05) is 19.0 Å². The van der Waals surface area contributed by atoms with Crippen molar-refractivity contribution in [1.82, 2.24) is 10.2 Å². The van der Waals surface area contributed by atoms with Gasteiger partial charge in [0.2, 0.25) is 5.91 Å². The average Bonchev–Trinajstić information content (AvgIpc) is 2.65. The van der Waals surface area contributed by atoms with E-state index in [-0.39, 0.29) is 17.6 Å². The Hall–Kier alpha value is -2.20. The molecule has 3 nitrogen and oxygen atoms in total. The lowest BCUT2D eigenvalue weighted by Gasteiger charge is -2.31. The molecule has 1 N–H and O–H groups in total. The van der Waals surface area contributed by atoms with E-state index in [1.807, 2.05) is 30.3 Å². The Labute approximate surface area is 148 Å². The number of hydrogen-bond donors (Lipinski definition) is 1. The highest BCUT2D eigenvalue weighted by molar-refractivity contribution is 5.78. The van der Waals surface area contributed by atoms with Crippen molar-refractivity contribution in [3.63, 3.8) is 0 Å². The van der Waals surface area contributed by atoms with Gasteiger partial charge < -0.3 is 5.32 Å². The lowest BCUT2D eigenvalue weighted by molar-refractivity contribution is -0.126. The normalized spacial score (nSPS) is 15.9. The van der Waals surface area contributed by atoms with Crippen LogP contribution < -0.4 is 5.32 Å². The van der Waals surface area contributed by atoms with Crippen molar-refractivity contribution in [2.24, 2.45) is 5.92 Å². The molecule has 1 saturated heterocycles. The third kappa shape index (κ3) is 5.40. The van der Waals surface area contributed by atoms with Crippen LogP contribution in [0.15, 0.2) is 54.6 Å². The molecule has 0 bridgehead atoms. The first-order valence-corrected chi connectivity index (χ1v) is 8.99. The fraction of sp³-hybridized carbons (Fsp3) is 0.381. The van der Waals surface area contributed by atoms with Crippen molar-refractivity contribution >= 4 is 5.91 Å². The third-order valence-electron chi connectivity index (χ3n) is 4.83. The molecule has 0 saturated carbocycles. The van der Waals surface area contributed by atoms with E-state index in [4.69, 9.17) is 0 Å². The van der Waals surface area contributed by atoms with E-state index >= 15 is 0 Å². The maximum Gasteiger partial charge on any atom is 0.223 e. The van der Waals surface area contributed by atoms with E-state index in [9.17, 15) is 9.18 Å². The molecule has 1 heterocycles. The molecular weight excluding hydrogens is 315 g/mol. The molecule has 4 heteroatoms. The van der Waals surface area contributed by atoms with Gasteiger partial charge in [0.25, 0.3) is 0 Å². The summed E-state index contributed by atoms with van der Waals surface area (Å²) in [7, 11) is 0. The summed E-state index contributed by atoms with van der Waals surface area (Å²) in [6.07, 6.45) is 2.65. The fourth-order valence-corrected chi connectivity index (χ4v) is 3.32. The number of nitrogens with one attached hydrogen (secondary N) is 1. The first-order chi connectivity index (χ1) is 12.2. The molecule has 2 aromatic rings. The summed E-state index contributed by atoms with van der Waals surface area (Å²) in [5, 5.41) is 3.07. The van der Waals surface area contributed by atoms with Crippen molar-refractivity contribution in [2.45, 2.75) is 25.8 Å². The van der Waals surface area contributed by atoms with Crippen LogP contribution in [0, 0.1) is 11.7 Å². The number of likely N-dealkylation sites (tertiary alicyclic amines) is 1. The van der Waals surface area contributed by atoms with Crippen molar-refractivity contribution in [3.05, 3.63) is 71.5 Å². The zero-order valence-electron chi connectivity index (χ0n) is 14.5. The second kappa shape index (κ2) is 8.77. The topological polar surface area (TPSA) is 32.3 Å². The third-order valence-corrected chi connectivity index (χ3v) is 4.83. The molecule has 0 atom stereocenters. The van der Waals surface area contributed by atoms with E-state index in [0.29, 0.717) is 6.54 Å². The van der Waals surface area contributed by atoms with Gasteiger partial charge in [-0.2, -0.15) is 0 Å². The maximum absolute atomic E-state index is 13.0. The van der Waals surface area contributed by atoms with Gasteiger partial charge in [-0.05, 0) is 55.6 Å². The monoisotopic (exact) mass is 340 g/mol. The van der Waals surface area contributed by atoms with Crippen molar-refractivity contribution in [1.29, 1.82) is 0 Å². The predicted molar refractivity (Wildman–Crippen MR) is 97.6 cm³/mol. The molecule has 1 fully saturated rings. The highest BCUT2D eigenvalue weighted by Crippen LogP contribution is 2.19. The first-order valence-electron chi connectivity index (χ1n) is 8.99. The summed E-state index contributed by atoms with van der Waals surface area (Å²) < 4.78 is 13.0. The summed E-state index contributed by atoms with van der Waals surface area (Å²) in [6.45, 7) is 3.34. The molecule has 0 aromatic heterocycles. The van der Waals surface area contributed by atoms with Crippen LogP contribution in [0.3, 0.4) is 0 Å². The van der Waals surface area contributed by atoms with Crippen LogP contribution in [0.4, 0.5) is 4.39 Å². The van der Waals surface area contributed by atoms with Crippen molar-refractivity contribution < 1.29 is 9.18 Å². The number of halogens is 1. The van der Waals surface area contributed by atoms with Gasteiger partial charge in [-0.25, -0.2) is 4.39 Å². The Bertz CT molecular complexity index is 664. The molecule has 0 aliphatic carbocycles. The smallest absolute Gasteiger partial charge is 0.223 e. The van der Waals surface area contributed by atoms with Gasteiger partial charge in [-0.1, -0.05) is 42.5 Å². The van der Waals surface area contributed by atoms with Gasteiger partial charge in [0.1, 0.15) is 5.82 Å². The van der Waals surface area contributed by atoms with Crippen LogP contribution in [-0.2, 0) is 17.8 Å². The molecule has 2 aromatic carbocycles. The molecule has 132 valence electrons. The molecule has 1 aliphatic heterocycles. The number of piperidine rings is 1. The second-order valence-corrected chi connectivity index (χ2v) is 6.70. The number of carbonyl (C=O) groups is 1. The van der Waals surface area contributed by atoms with E-state index in [1.54, 1.807) is 0 Å². The lowest BCUT2D eigenvalue weighted by Crippen LogP contribution is -2.40. The molecule has 0 spiro atoms. The van der Waals surface area contributed by atoms with Crippen LogP contribution in [0.5, 0.6) is 0 Å². The van der Waals surface area contributed by atoms with E-state index in [1.165, 1.54) is 17.7 Å². The molecule has 0 unspecified atom stereocenters. The summed E-state index contributed by atoms with van der Waals surface area (Å²) in [6, 6.07) is 16.9. The minimum absolute atomic E-state index is 0.111. The van der Waals surface area contributed by atoms with Crippen molar-refractivity contribution in [2.75, 3.05) is 19.6 Å². The first kappa shape index (κ1) is 17.6. The van der Waals surface area contributed by atoms with Gasteiger partial charge in [0.15, 0.2) is 0 Å². The lowest BCUT2D eigenvalue weighted by atomic mass is 9.95. The second-order valence-electron chi connectivity index (χ2n) is 6.70. The Morgan fingerprint density at radius 2 is 1.68 bits per heavy atom. The standard InChI is InChI=1S/C21H25FN2O/c22-20-8-6-18(7-9-20)16-24-14-11-19(12-15-24)21(25)23-13-10-17-4-2-1-3-5-17/h1-9,19H,10-16H2,(H,23,25). The Morgan fingerprint density at radius 1 is 1.00 bits per heavy atom. The number of nitrogens with zero attached hydrogens (tertiary/aromatic N) is 1. The SMILES string of the molecule is O=C(NCCc1ccccc1)C1CCN(Cc2ccc(F)cc2)CC1.